The summed E-state index contributed by atoms with van der Waals surface area (Å²) >= 11 is 5.88. The van der Waals surface area contributed by atoms with E-state index in [9.17, 15) is 4.39 Å². The standard InChI is InChI=1S/C24H34ClFN6.C2H4/c1-5-6-11-28-18(3)23(30-16-25)24(27-4)29-12-7-8-20-15-21(32-31-20)14-19-10-9-17(2)13-22(19)26;1-2/h9-10,13,28-30H,3-8,11-12,14-16H2,1-2H3;1-2H2/b24-23+;. The van der Waals surface area contributed by atoms with Crippen molar-refractivity contribution in [3.8, 4) is 0 Å². The minimum Gasteiger partial charge on any atom is -0.384 e. The van der Waals surface area contributed by atoms with Crippen molar-refractivity contribution in [2.24, 2.45) is 15.2 Å². The fraction of sp³-hybridized carbons (Fsp3) is 0.423. The molecule has 1 heterocycles. The van der Waals surface area contributed by atoms with Crippen molar-refractivity contribution in [1.82, 2.24) is 16.0 Å². The van der Waals surface area contributed by atoms with E-state index in [0.717, 1.165) is 60.6 Å². The van der Waals surface area contributed by atoms with Gasteiger partial charge in [0.15, 0.2) is 5.82 Å². The lowest BCUT2D eigenvalue weighted by Gasteiger charge is -2.17. The molecular formula is C26H38ClFN6. The van der Waals surface area contributed by atoms with E-state index in [2.05, 4.69) is 64.5 Å². The lowest BCUT2D eigenvalue weighted by molar-refractivity contribution is 0.614. The van der Waals surface area contributed by atoms with Crippen molar-refractivity contribution in [3.05, 3.63) is 72.1 Å². The van der Waals surface area contributed by atoms with Crippen LogP contribution in [-0.2, 0) is 6.42 Å². The average molecular weight is 489 g/mol. The monoisotopic (exact) mass is 488 g/mol. The van der Waals surface area contributed by atoms with Crippen molar-refractivity contribution >= 4 is 29.7 Å². The first-order valence-electron chi connectivity index (χ1n) is 11.5. The van der Waals surface area contributed by atoms with E-state index in [1.807, 2.05) is 19.1 Å². The molecule has 186 valence electrons. The van der Waals surface area contributed by atoms with Gasteiger partial charge in [-0.1, -0.05) is 32.1 Å². The Morgan fingerprint density at radius 2 is 1.82 bits per heavy atom. The van der Waals surface area contributed by atoms with E-state index in [1.165, 1.54) is 0 Å². The molecule has 0 unspecified atom stereocenters. The van der Waals surface area contributed by atoms with Gasteiger partial charge in [0.2, 0.25) is 0 Å². The number of rotatable bonds is 15. The lowest BCUT2D eigenvalue weighted by atomic mass is 10.0. The number of alkyl halides is 1. The third-order valence-electron chi connectivity index (χ3n) is 5.09. The summed E-state index contributed by atoms with van der Waals surface area (Å²) in [5.74, 6) is 0.425. The van der Waals surface area contributed by atoms with Gasteiger partial charge in [0.05, 0.1) is 17.4 Å². The van der Waals surface area contributed by atoms with E-state index in [4.69, 9.17) is 11.6 Å². The molecule has 0 saturated carbocycles. The molecule has 0 amide bonds. The van der Waals surface area contributed by atoms with E-state index in [1.54, 1.807) is 6.07 Å². The normalized spacial score (nSPS) is 13.1. The predicted molar refractivity (Wildman–Crippen MR) is 145 cm³/mol. The SMILES string of the molecule is C=C.C=N/C(NCCCC1=NN=C(Cc2ccc(C)cc2F)C1)=C(\NCCl)C(=C)NCCCC. The van der Waals surface area contributed by atoms with E-state index in [-0.39, 0.29) is 11.8 Å². The van der Waals surface area contributed by atoms with Crippen molar-refractivity contribution in [1.29, 1.82) is 0 Å². The van der Waals surface area contributed by atoms with Crippen LogP contribution in [0.3, 0.4) is 0 Å². The van der Waals surface area contributed by atoms with Gasteiger partial charge in [-0.2, -0.15) is 10.2 Å². The van der Waals surface area contributed by atoms with Crippen molar-refractivity contribution in [2.75, 3.05) is 19.1 Å². The van der Waals surface area contributed by atoms with E-state index >= 15 is 0 Å². The zero-order valence-corrected chi connectivity index (χ0v) is 21.3. The van der Waals surface area contributed by atoms with Crippen molar-refractivity contribution in [3.63, 3.8) is 0 Å². The number of nitrogens with one attached hydrogen (secondary N) is 3. The fourth-order valence-corrected chi connectivity index (χ4v) is 3.46. The highest BCUT2D eigenvalue weighted by atomic mass is 35.5. The van der Waals surface area contributed by atoms with Gasteiger partial charge in [-0.05, 0) is 50.1 Å². The Morgan fingerprint density at radius 1 is 1.12 bits per heavy atom. The molecule has 1 aliphatic rings. The van der Waals surface area contributed by atoms with Crippen LogP contribution in [0.4, 0.5) is 4.39 Å². The summed E-state index contributed by atoms with van der Waals surface area (Å²) in [4.78, 5) is 4.11. The van der Waals surface area contributed by atoms with E-state index in [0.29, 0.717) is 30.8 Å². The quantitative estimate of drug-likeness (QED) is 0.0750. The second-order valence-corrected chi connectivity index (χ2v) is 8.03. The first-order chi connectivity index (χ1) is 16.5. The molecule has 0 aliphatic carbocycles. The minimum absolute atomic E-state index is 0.186. The first kappa shape index (κ1) is 29.1. The highest BCUT2D eigenvalue weighted by Gasteiger charge is 2.15. The maximum Gasteiger partial charge on any atom is 0.150 e. The van der Waals surface area contributed by atoms with Gasteiger partial charge in [0.25, 0.3) is 0 Å². The Bertz CT molecular complexity index is 907. The molecule has 1 aliphatic heterocycles. The van der Waals surface area contributed by atoms with Crippen LogP contribution in [0, 0.1) is 12.7 Å². The molecule has 0 atom stereocenters. The van der Waals surface area contributed by atoms with Crippen molar-refractivity contribution in [2.45, 2.75) is 52.4 Å². The maximum atomic E-state index is 14.1. The molecule has 3 N–H and O–H groups in total. The lowest BCUT2D eigenvalue weighted by Crippen LogP contribution is -2.28. The molecule has 0 aromatic heterocycles. The van der Waals surface area contributed by atoms with E-state index < -0.39 is 0 Å². The molecule has 6 nitrogen and oxygen atoms in total. The molecule has 2 rings (SSSR count). The zero-order valence-electron chi connectivity index (χ0n) is 20.5. The number of hydrogen-bond acceptors (Lipinski definition) is 6. The summed E-state index contributed by atoms with van der Waals surface area (Å²) in [5, 5.41) is 18.2. The Hall–Kier alpha value is -2.93. The second-order valence-electron chi connectivity index (χ2n) is 7.76. The maximum absolute atomic E-state index is 14.1. The molecule has 0 fully saturated rings. The number of hydrogen-bond donors (Lipinski definition) is 3. The van der Waals surface area contributed by atoms with Gasteiger partial charge in [-0.15, -0.1) is 24.8 Å². The molecule has 0 spiro atoms. The third kappa shape index (κ3) is 9.91. The molecule has 34 heavy (non-hydrogen) atoms. The van der Waals surface area contributed by atoms with Crippen LogP contribution in [0.1, 0.15) is 50.2 Å². The summed E-state index contributed by atoms with van der Waals surface area (Å²) in [6, 6.07) is 5.53. The third-order valence-corrected chi connectivity index (χ3v) is 5.22. The van der Waals surface area contributed by atoms with Gasteiger partial charge in [0.1, 0.15) is 11.5 Å². The largest absolute Gasteiger partial charge is 0.384 e. The van der Waals surface area contributed by atoms with Crippen LogP contribution in [0.2, 0.25) is 0 Å². The van der Waals surface area contributed by atoms with Crippen LogP contribution in [-0.4, -0.2) is 37.2 Å². The summed E-state index contributed by atoms with van der Waals surface area (Å²) in [6.07, 6.45) is 4.99. The Labute approximate surface area is 208 Å². The van der Waals surface area contributed by atoms with Gasteiger partial charge in [-0.25, -0.2) is 9.38 Å². The highest BCUT2D eigenvalue weighted by Crippen LogP contribution is 2.16. The number of benzene rings is 1. The van der Waals surface area contributed by atoms with Crippen LogP contribution >= 0.6 is 11.6 Å². The van der Waals surface area contributed by atoms with Crippen LogP contribution in [0.15, 0.2) is 70.3 Å². The molecule has 1 aromatic carbocycles. The van der Waals surface area contributed by atoms with Crippen LogP contribution < -0.4 is 16.0 Å². The van der Waals surface area contributed by atoms with Crippen LogP contribution in [0.25, 0.3) is 0 Å². The summed E-state index contributed by atoms with van der Waals surface area (Å²) in [7, 11) is 0. The summed E-state index contributed by atoms with van der Waals surface area (Å²) in [5.41, 5.74) is 4.93. The topological polar surface area (TPSA) is 73.2 Å². The molecule has 0 saturated heterocycles. The zero-order chi connectivity index (χ0) is 25.3. The van der Waals surface area contributed by atoms with Crippen LogP contribution in [0.5, 0.6) is 0 Å². The highest BCUT2D eigenvalue weighted by molar-refractivity contribution is 6.17. The van der Waals surface area contributed by atoms with Gasteiger partial charge >= 0.3 is 0 Å². The first-order valence-corrected chi connectivity index (χ1v) is 12.1. The molecule has 1 aromatic rings. The summed E-state index contributed by atoms with van der Waals surface area (Å²) in [6.45, 7) is 19.3. The van der Waals surface area contributed by atoms with Crippen molar-refractivity contribution < 1.29 is 4.39 Å². The number of aliphatic imine (C=N–C) groups is 1. The smallest absolute Gasteiger partial charge is 0.150 e. The molecule has 0 radical (unpaired) electrons. The molecule has 8 heteroatoms. The van der Waals surface area contributed by atoms with Gasteiger partial charge in [-0.3, -0.25) is 0 Å². The Balaban J connectivity index is 0.00000281. The number of nitrogens with zero attached hydrogens (tertiary/aromatic N) is 3. The molecular weight excluding hydrogens is 451 g/mol. The fourth-order valence-electron chi connectivity index (χ4n) is 3.33. The average Bonchev–Trinajstić information content (AvgIpc) is 3.28. The minimum atomic E-state index is -0.186. The number of halogens is 2. The Kier molecular flexibility index (Phi) is 14.2. The number of unbranched alkanes of at least 4 members (excludes halogenated alkanes) is 1. The number of aryl methyl sites for hydroxylation is 1. The predicted octanol–water partition coefficient (Wildman–Crippen LogP) is 5.61. The second kappa shape index (κ2) is 16.6. The Morgan fingerprint density at radius 3 is 2.47 bits per heavy atom. The van der Waals surface area contributed by atoms with Gasteiger partial charge in [0, 0.05) is 31.6 Å². The van der Waals surface area contributed by atoms with Gasteiger partial charge < -0.3 is 16.0 Å². The summed E-state index contributed by atoms with van der Waals surface area (Å²) < 4.78 is 14.1. The molecule has 0 bridgehead atoms.